The standard InChI is InChI=1S/C12H13F3O2/c1-2-7(3-6-10(16)17)11-8(13)4-5-9(14)12(11)15/h4-5,7H,2-3,6H2,1H3,(H,16,17). The monoisotopic (exact) mass is 246 g/mol. The maximum atomic E-state index is 13.5. The Morgan fingerprint density at radius 3 is 2.41 bits per heavy atom. The molecule has 1 aromatic carbocycles. The molecule has 0 aromatic heterocycles. The number of hydrogen-bond donors (Lipinski definition) is 1. The van der Waals surface area contributed by atoms with Crippen LogP contribution in [-0.2, 0) is 4.79 Å². The van der Waals surface area contributed by atoms with Gasteiger partial charge in [0.15, 0.2) is 11.6 Å². The van der Waals surface area contributed by atoms with E-state index in [0.29, 0.717) is 6.42 Å². The maximum absolute atomic E-state index is 13.5. The van der Waals surface area contributed by atoms with Gasteiger partial charge < -0.3 is 5.11 Å². The Labute approximate surface area is 97.1 Å². The summed E-state index contributed by atoms with van der Waals surface area (Å²) in [4.78, 5) is 10.4. The van der Waals surface area contributed by atoms with Gasteiger partial charge in [0.05, 0.1) is 0 Å². The van der Waals surface area contributed by atoms with Crippen LogP contribution in [0.25, 0.3) is 0 Å². The van der Waals surface area contributed by atoms with E-state index in [0.717, 1.165) is 12.1 Å². The first kappa shape index (κ1) is 13.5. The minimum absolute atomic E-state index is 0.0864. The Morgan fingerprint density at radius 2 is 1.88 bits per heavy atom. The number of benzene rings is 1. The maximum Gasteiger partial charge on any atom is 0.303 e. The second-order valence-corrected chi connectivity index (χ2v) is 3.79. The molecule has 2 nitrogen and oxygen atoms in total. The van der Waals surface area contributed by atoms with Crippen LogP contribution < -0.4 is 0 Å². The second-order valence-electron chi connectivity index (χ2n) is 3.79. The van der Waals surface area contributed by atoms with Gasteiger partial charge in [-0.25, -0.2) is 13.2 Å². The van der Waals surface area contributed by atoms with Crippen LogP contribution in [0.4, 0.5) is 13.2 Å². The Morgan fingerprint density at radius 1 is 1.29 bits per heavy atom. The second kappa shape index (κ2) is 5.70. The van der Waals surface area contributed by atoms with Crippen molar-refractivity contribution in [3.8, 4) is 0 Å². The number of carboxylic acid groups (broad SMARTS) is 1. The van der Waals surface area contributed by atoms with Gasteiger partial charge in [0.1, 0.15) is 5.82 Å². The molecule has 1 unspecified atom stereocenters. The predicted molar refractivity (Wildman–Crippen MR) is 56.2 cm³/mol. The highest BCUT2D eigenvalue weighted by molar-refractivity contribution is 5.66. The largest absolute Gasteiger partial charge is 0.481 e. The molecule has 0 aliphatic heterocycles. The van der Waals surface area contributed by atoms with Crippen molar-refractivity contribution in [2.45, 2.75) is 32.1 Å². The summed E-state index contributed by atoms with van der Waals surface area (Å²) in [6, 6.07) is 1.58. The Bertz CT molecular complexity index is 418. The zero-order valence-electron chi connectivity index (χ0n) is 9.34. The Balaban J connectivity index is 3.02. The number of carboxylic acids is 1. The lowest BCUT2D eigenvalue weighted by Gasteiger charge is -2.16. The molecule has 17 heavy (non-hydrogen) atoms. The molecule has 0 fully saturated rings. The van der Waals surface area contributed by atoms with Crippen molar-refractivity contribution in [2.24, 2.45) is 0 Å². The highest BCUT2D eigenvalue weighted by Crippen LogP contribution is 2.30. The Hall–Kier alpha value is -1.52. The van der Waals surface area contributed by atoms with Crippen molar-refractivity contribution < 1.29 is 23.1 Å². The molecule has 0 saturated heterocycles. The van der Waals surface area contributed by atoms with E-state index in [4.69, 9.17) is 5.11 Å². The van der Waals surface area contributed by atoms with E-state index in [1.807, 2.05) is 0 Å². The molecule has 0 heterocycles. The van der Waals surface area contributed by atoms with E-state index in [1.54, 1.807) is 6.92 Å². The summed E-state index contributed by atoms with van der Waals surface area (Å²) >= 11 is 0. The van der Waals surface area contributed by atoms with Gasteiger partial charge in [-0.1, -0.05) is 6.92 Å². The predicted octanol–water partition coefficient (Wildman–Crippen LogP) is 3.46. The molecule has 0 spiro atoms. The molecule has 1 N–H and O–H groups in total. The normalized spacial score (nSPS) is 12.5. The zero-order valence-corrected chi connectivity index (χ0v) is 9.34. The van der Waals surface area contributed by atoms with Gasteiger partial charge >= 0.3 is 5.97 Å². The van der Waals surface area contributed by atoms with E-state index >= 15 is 0 Å². The quantitative estimate of drug-likeness (QED) is 0.808. The first-order chi connectivity index (χ1) is 7.97. The molecule has 1 aromatic rings. The van der Waals surface area contributed by atoms with E-state index in [9.17, 15) is 18.0 Å². The molecule has 0 aliphatic rings. The summed E-state index contributed by atoms with van der Waals surface area (Å²) in [7, 11) is 0. The van der Waals surface area contributed by atoms with Gasteiger partial charge in [-0.2, -0.15) is 0 Å². The summed E-state index contributed by atoms with van der Waals surface area (Å²) in [6.45, 7) is 1.68. The van der Waals surface area contributed by atoms with E-state index in [1.165, 1.54) is 0 Å². The lowest BCUT2D eigenvalue weighted by atomic mass is 9.91. The summed E-state index contributed by atoms with van der Waals surface area (Å²) in [5, 5.41) is 8.54. The number of aliphatic carboxylic acids is 1. The molecule has 1 rings (SSSR count). The van der Waals surface area contributed by atoms with Crippen LogP contribution >= 0.6 is 0 Å². The number of carbonyl (C=O) groups is 1. The van der Waals surface area contributed by atoms with Crippen LogP contribution in [0, 0.1) is 17.5 Å². The van der Waals surface area contributed by atoms with Crippen LogP contribution in [-0.4, -0.2) is 11.1 Å². The highest BCUT2D eigenvalue weighted by Gasteiger charge is 2.22. The number of halogens is 3. The first-order valence-electron chi connectivity index (χ1n) is 5.32. The SMILES string of the molecule is CCC(CCC(=O)O)c1c(F)ccc(F)c1F. The first-order valence-corrected chi connectivity index (χ1v) is 5.32. The average molecular weight is 246 g/mol. The van der Waals surface area contributed by atoms with Crippen molar-refractivity contribution in [1.29, 1.82) is 0 Å². The van der Waals surface area contributed by atoms with Crippen LogP contribution in [0.2, 0.25) is 0 Å². The lowest BCUT2D eigenvalue weighted by molar-refractivity contribution is -0.137. The third kappa shape index (κ3) is 3.22. The topological polar surface area (TPSA) is 37.3 Å². The van der Waals surface area contributed by atoms with Crippen LogP contribution in [0.1, 0.15) is 37.7 Å². The van der Waals surface area contributed by atoms with E-state index < -0.39 is 29.3 Å². The van der Waals surface area contributed by atoms with Crippen molar-refractivity contribution in [3.63, 3.8) is 0 Å². The van der Waals surface area contributed by atoms with Crippen molar-refractivity contribution in [2.75, 3.05) is 0 Å². The minimum atomic E-state index is -1.22. The smallest absolute Gasteiger partial charge is 0.303 e. The number of rotatable bonds is 5. The van der Waals surface area contributed by atoms with Crippen molar-refractivity contribution in [1.82, 2.24) is 0 Å². The fraction of sp³-hybridized carbons (Fsp3) is 0.417. The molecule has 94 valence electrons. The van der Waals surface area contributed by atoms with Gasteiger partial charge in [-0.3, -0.25) is 4.79 Å². The van der Waals surface area contributed by atoms with Gasteiger partial charge in [-0.05, 0) is 30.9 Å². The molecule has 1 atom stereocenters. The van der Waals surface area contributed by atoms with Crippen LogP contribution in [0.15, 0.2) is 12.1 Å². The van der Waals surface area contributed by atoms with Gasteiger partial charge in [0.25, 0.3) is 0 Å². The van der Waals surface area contributed by atoms with E-state index in [-0.39, 0.29) is 18.4 Å². The van der Waals surface area contributed by atoms with Gasteiger partial charge in [-0.15, -0.1) is 0 Å². The third-order valence-electron chi connectivity index (χ3n) is 2.69. The molecule has 5 heteroatoms. The molecule has 0 bridgehead atoms. The molecule has 0 aliphatic carbocycles. The average Bonchev–Trinajstić information content (AvgIpc) is 2.28. The summed E-state index contributed by atoms with van der Waals surface area (Å²) in [6.07, 6.45) is 0.238. The zero-order chi connectivity index (χ0) is 13.0. The molecular weight excluding hydrogens is 233 g/mol. The number of hydrogen-bond acceptors (Lipinski definition) is 1. The highest BCUT2D eigenvalue weighted by atomic mass is 19.2. The molecular formula is C12H13F3O2. The van der Waals surface area contributed by atoms with E-state index in [2.05, 4.69) is 0 Å². The van der Waals surface area contributed by atoms with Crippen molar-refractivity contribution in [3.05, 3.63) is 35.1 Å². The molecule has 0 saturated carbocycles. The van der Waals surface area contributed by atoms with Gasteiger partial charge in [0, 0.05) is 12.0 Å². The molecule has 0 amide bonds. The molecule has 0 radical (unpaired) electrons. The third-order valence-corrected chi connectivity index (χ3v) is 2.69. The fourth-order valence-electron chi connectivity index (χ4n) is 1.77. The summed E-state index contributed by atoms with van der Waals surface area (Å²) < 4.78 is 39.9. The summed E-state index contributed by atoms with van der Waals surface area (Å²) in [5.41, 5.74) is -0.353. The van der Waals surface area contributed by atoms with Crippen LogP contribution in [0.5, 0.6) is 0 Å². The summed E-state index contributed by atoms with van der Waals surface area (Å²) in [5.74, 6) is -4.83. The lowest BCUT2D eigenvalue weighted by Crippen LogP contribution is -2.08. The fourth-order valence-corrected chi connectivity index (χ4v) is 1.77. The minimum Gasteiger partial charge on any atom is -0.481 e. The van der Waals surface area contributed by atoms with Crippen LogP contribution in [0.3, 0.4) is 0 Å². The van der Waals surface area contributed by atoms with Crippen molar-refractivity contribution >= 4 is 5.97 Å². The Kier molecular flexibility index (Phi) is 4.54. The van der Waals surface area contributed by atoms with Gasteiger partial charge in [0.2, 0.25) is 0 Å².